The van der Waals surface area contributed by atoms with E-state index in [2.05, 4.69) is 0 Å². The summed E-state index contributed by atoms with van der Waals surface area (Å²) in [6.07, 6.45) is 4.86. The Labute approximate surface area is 129 Å². The van der Waals surface area contributed by atoms with Crippen molar-refractivity contribution in [2.24, 2.45) is 0 Å². The summed E-state index contributed by atoms with van der Waals surface area (Å²) in [5.74, 6) is 0.0269. The van der Waals surface area contributed by atoms with Crippen LogP contribution in [0, 0.1) is 6.92 Å². The first-order chi connectivity index (χ1) is 9.90. The van der Waals surface area contributed by atoms with E-state index < -0.39 is 17.6 Å². The number of carboxylic acid groups (broad SMARTS) is 1. The van der Waals surface area contributed by atoms with E-state index in [1.165, 1.54) is 0 Å². The molecule has 0 bridgehead atoms. The molecule has 21 heavy (non-hydrogen) atoms. The number of likely N-dealkylation sites (tertiary alicyclic amines) is 1. The van der Waals surface area contributed by atoms with Crippen molar-refractivity contribution in [3.8, 4) is 5.75 Å². The maximum atomic E-state index is 11.1. The molecule has 2 aliphatic rings. The lowest BCUT2D eigenvalue weighted by atomic mass is 9.97. The van der Waals surface area contributed by atoms with Crippen LogP contribution < -0.4 is 4.74 Å². The van der Waals surface area contributed by atoms with Gasteiger partial charge in [-0.2, -0.15) is 0 Å². The van der Waals surface area contributed by atoms with Crippen molar-refractivity contribution in [3.63, 3.8) is 0 Å². The molecule has 1 fully saturated rings. The van der Waals surface area contributed by atoms with Crippen molar-refractivity contribution in [2.45, 2.75) is 31.9 Å². The molecule has 2 unspecified atom stereocenters. The smallest absolute Gasteiger partial charge is 0.320 e. The Balaban J connectivity index is 1.84. The fourth-order valence-electron chi connectivity index (χ4n) is 2.92. The second-order valence-electron chi connectivity index (χ2n) is 5.87. The molecule has 4 nitrogen and oxygen atoms in total. The molecule has 112 valence electrons. The fourth-order valence-corrected chi connectivity index (χ4v) is 3.10. The van der Waals surface area contributed by atoms with E-state index in [1.54, 1.807) is 6.92 Å². The predicted molar refractivity (Wildman–Crippen MR) is 81.9 cm³/mol. The van der Waals surface area contributed by atoms with Crippen LogP contribution in [0.1, 0.15) is 24.5 Å². The number of carbonyl (C=O) groups is 1. The summed E-state index contributed by atoms with van der Waals surface area (Å²) in [6.45, 7) is 4.98. The first-order valence-electron chi connectivity index (χ1n) is 7.05. The first kappa shape index (κ1) is 14.4. The Morgan fingerprint density at radius 2 is 2.29 bits per heavy atom. The van der Waals surface area contributed by atoms with Gasteiger partial charge in [-0.25, -0.2) is 0 Å². The molecule has 0 aromatic heterocycles. The number of carboxylic acids is 1. The zero-order valence-corrected chi connectivity index (χ0v) is 12.9. The molecule has 5 heteroatoms. The number of halogens is 1. The number of aryl methyl sites for hydroxylation is 1. The quantitative estimate of drug-likeness (QED) is 0.912. The largest absolute Gasteiger partial charge is 0.481 e. The monoisotopic (exact) mass is 307 g/mol. The van der Waals surface area contributed by atoms with Gasteiger partial charge < -0.3 is 9.84 Å². The van der Waals surface area contributed by atoms with Crippen molar-refractivity contribution < 1.29 is 14.6 Å². The van der Waals surface area contributed by atoms with Crippen LogP contribution in [0.4, 0.5) is 0 Å². The van der Waals surface area contributed by atoms with Crippen molar-refractivity contribution in [1.82, 2.24) is 4.90 Å². The number of benzene rings is 1. The highest BCUT2D eigenvalue weighted by Crippen LogP contribution is 2.39. The Morgan fingerprint density at radius 1 is 1.52 bits per heavy atom. The van der Waals surface area contributed by atoms with E-state index in [1.807, 2.05) is 36.1 Å². The van der Waals surface area contributed by atoms with Gasteiger partial charge in [-0.3, -0.25) is 9.69 Å². The number of rotatable bonds is 2. The molecule has 2 heterocycles. The average Bonchev–Trinajstić information content (AvgIpc) is 2.83. The third kappa shape index (κ3) is 2.54. The second kappa shape index (κ2) is 5.04. The lowest BCUT2D eigenvalue weighted by Crippen LogP contribution is -2.43. The van der Waals surface area contributed by atoms with Gasteiger partial charge in [0.2, 0.25) is 0 Å². The molecular formula is C16H18ClNO3. The lowest BCUT2D eigenvalue weighted by Gasteiger charge is -2.32. The molecule has 1 saturated heterocycles. The normalized spacial score (nSPS) is 25.7. The highest BCUT2D eigenvalue weighted by atomic mass is 35.5. The zero-order valence-electron chi connectivity index (χ0n) is 12.1. The van der Waals surface area contributed by atoms with E-state index in [0.29, 0.717) is 6.54 Å². The number of fused-ring (bicyclic) bond motifs is 1. The lowest BCUT2D eigenvalue weighted by molar-refractivity contribution is -0.142. The van der Waals surface area contributed by atoms with Gasteiger partial charge in [-0.15, -0.1) is 0 Å². The van der Waals surface area contributed by atoms with Crippen LogP contribution in [0.25, 0.3) is 6.08 Å². The minimum atomic E-state index is -0.796. The SMILES string of the molecule is Cc1cc2c(cc1Cl)C=CC1(CCN(C(C)C(=O)O)C1)O2. The molecule has 2 atom stereocenters. The molecule has 0 aliphatic carbocycles. The number of aliphatic carboxylic acids is 1. The summed E-state index contributed by atoms with van der Waals surface area (Å²) in [5, 5.41) is 9.87. The average molecular weight is 308 g/mol. The van der Waals surface area contributed by atoms with Crippen LogP contribution in [0.2, 0.25) is 5.02 Å². The molecule has 1 aromatic rings. The van der Waals surface area contributed by atoms with E-state index >= 15 is 0 Å². The Hall–Kier alpha value is -1.52. The molecule has 3 rings (SSSR count). The van der Waals surface area contributed by atoms with Crippen molar-refractivity contribution >= 4 is 23.6 Å². The van der Waals surface area contributed by atoms with Gasteiger partial charge >= 0.3 is 5.97 Å². The van der Waals surface area contributed by atoms with E-state index in [4.69, 9.17) is 21.4 Å². The topological polar surface area (TPSA) is 49.8 Å². The van der Waals surface area contributed by atoms with Crippen LogP contribution in [-0.4, -0.2) is 40.7 Å². The number of hydrogen-bond donors (Lipinski definition) is 1. The van der Waals surface area contributed by atoms with Crippen LogP contribution in [0.5, 0.6) is 5.75 Å². The Bertz CT molecular complexity index is 628. The molecule has 0 saturated carbocycles. The number of nitrogens with zero attached hydrogens (tertiary/aromatic N) is 1. The Kier molecular flexibility index (Phi) is 3.46. The third-order valence-electron chi connectivity index (χ3n) is 4.37. The minimum Gasteiger partial charge on any atom is -0.481 e. The maximum Gasteiger partial charge on any atom is 0.320 e. The maximum absolute atomic E-state index is 11.1. The van der Waals surface area contributed by atoms with Crippen LogP contribution in [0.15, 0.2) is 18.2 Å². The molecule has 2 aliphatic heterocycles. The molecule has 0 radical (unpaired) electrons. The molecule has 1 N–H and O–H groups in total. The summed E-state index contributed by atoms with van der Waals surface area (Å²) < 4.78 is 6.20. The van der Waals surface area contributed by atoms with E-state index in [0.717, 1.165) is 34.9 Å². The van der Waals surface area contributed by atoms with Gasteiger partial charge in [0.25, 0.3) is 0 Å². The van der Waals surface area contributed by atoms with Crippen molar-refractivity contribution in [2.75, 3.05) is 13.1 Å². The van der Waals surface area contributed by atoms with Gasteiger partial charge in [0.1, 0.15) is 17.4 Å². The number of hydrogen-bond acceptors (Lipinski definition) is 3. The fraction of sp³-hybridized carbons (Fsp3) is 0.438. The second-order valence-corrected chi connectivity index (χ2v) is 6.28. The van der Waals surface area contributed by atoms with Gasteiger partial charge in [-0.05, 0) is 37.6 Å². The summed E-state index contributed by atoms with van der Waals surface area (Å²) in [6, 6.07) is 3.36. The van der Waals surface area contributed by atoms with E-state index in [-0.39, 0.29) is 0 Å². The van der Waals surface area contributed by atoms with Crippen molar-refractivity contribution in [3.05, 3.63) is 34.4 Å². The Morgan fingerprint density at radius 3 is 3.00 bits per heavy atom. The van der Waals surface area contributed by atoms with E-state index in [9.17, 15) is 4.79 Å². The van der Waals surface area contributed by atoms with Crippen molar-refractivity contribution in [1.29, 1.82) is 0 Å². The summed E-state index contributed by atoms with van der Waals surface area (Å²) in [4.78, 5) is 13.1. The van der Waals surface area contributed by atoms with Gasteiger partial charge in [0.15, 0.2) is 0 Å². The highest BCUT2D eigenvalue weighted by Gasteiger charge is 2.42. The molecular weight excluding hydrogens is 290 g/mol. The summed E-state index contributed by atoms with van der Waals surface area (Å²) in [7, 11) is 0. The summed E-state index contributed by atoms with van der Waals surface area (Å²) >= 11 is 6.13. The number of ether oxygens (including phenoxy) is 1. The third-order valence-corrected chi connectivity index (χ3v) is 4.78. The minimum absolute atomic E-state index is 0.420. The zero-order chi connectivity index (χ0) is 15.2. The predicted octanol–water partition coefficient (Wildman–Crippen LogP) is 2.97. The van der Waals surface area contributed by atoms with Gasteiger partial charge in [-0.1, -0.05) is 17.7 Å². The molecule has 0 amide bonds. The van der Waals surface area contributed by atoms with Gasteiger partial charge in [0.05, 0.1) is 0 Å². The van der Waals surface area contributed by atoms with Crippen LogP contribution >= 0.6 is 11.6 Å². The summed E-state index contributed by atoms with van der Waals surface area (Å²) in [5.41, 5.74) is 1.53. The standard InChI is InChI=1S/C16H18ClNO3/c1-10-7-14-12(8-13(10)17)3-4-16(21-14)5-6-18(9-16)11(2)15(19)20/h3-4,7-8,11H,5-6,9H2,1-2H3,(H,19,20). The molecule has 1 aromatic carbocycles. The first-order valence-corrected chi connectivity index (χ1v) is 7.43. The van der Waals surface area contributed by atoms with Gasteiger partial charge in [0, 0.05) is 30.1 Å². The van der Waals surface area contributed by atoms with Crippen LogP contribution in [-0.2, 0) is 4.79 Å². The molecule has 1 spiro atoms. The highest BCUT2D eigenvalue weighted by molar-refractivity contribution is 6.31. The van der Waals surface area contributed by atoms with Crippen LogP contribution in [0.3, 0.4) is 0 Å².